The van der Waals surface area contributed by atoms with Gasteiger partial charge in [0.2, 0.25) is 0 Å². The minimum Gasteiger partial charge on any atom is -0.330 e. The first-order valence-corrected chi connectivity index (χ1v) is 7.16. The van der Waals surface area contributed by atoms with Crippen molar-refractivity contribution in [2.75, 3.05) is 45.8 Å². The lowest BCUT2D eigenvalue weighted by Crippen LogP contribution is -2.47. The van der Waals surface area contributed by atoms with Crippen LogP contribution in [-0.4, -0.2) is 55.6 Å². The SMILES string of the molecule is CC(C)(C)CCCN1CCN(CCCN)CC1. The highest BCUT2D eigenvalue weighted by atomic mass is 15.3. The molecule has 0 aromatic rings. The van der Waals surface area contributed by atoms with Crippen molar-refractivity contribution in [3.63, 3.8) is 0 Å². The van der Waals surface area contributed by atoms with Crippen LogP contribution in [-0.2, 0) is 0 Å². The quantitative estimate of drug-likeness (QED) is 0.769. The van der Waals surface area contributed by atoms with Crippen molar-refractivity contribution >= 4 is 0 Å². The summed E-state index contributed by atoms with van der Waals surface area (Å²) < 4.78 is 0. The molecular weight excluding hydrogens is 210 g/mol. The summed E-state index contributed by atoms with van der Waals surface area (Å²) in [6.07, 6.45) is 3.82. The van der Waals surface area contributed by atoms with E-state index in [9.17, 15) is 0 Å². The van der Waals surface area contributed by atoms with Gasteiger partial charge in [0.25, 0.3) is 0 Å². The molecule has 17 heavy (non-hydrogen) atoms. The van der Waals surface area contributed by atoms with Crippen LogP contribution >= 0.6 is 0 Å². The number of piperazine rings is 1. The normalized spacial score (nSPS) is 19.8. The van der Waals surface area contributed by atoms with E-state index in [1.165, 1.54) is 52.1 Å². The van der Waals surface area contributed by atoms with Crippen molar-refractivity contribution < 1.29 is 0 Å². The van der Waals surface area contributed by atoms with Crippen molar-refractivity contribution in [1.29, 1.82) is 0 Å². The third-order valence-electron chi connectivity index (χ3n) is 3.54. The maximum Gasteiger partial charge on any atom is 0.0110 e. The molecule has 1 heterocycles. The van der Waals surface area contributed by atoms with Gasteiger partial charge < -0.3 is 15.5 Å². The van der Waals surface area contributed by atoms with Crippen LogP contribution in [0.2, 0.25) is 0 Å². The largest absolute Gasteiger partial charge is 0.330 e. The van der Waals surface area contributed by atoms with Crippen LogP contribution in [0.3, 0.4) is 0 Å². The average molecular weight is 241 g/mol. The highest BCUT2D eigenvalue weighted by Crippen LogP contribution is 2.20. The molecule has 2 N–H and O–H groups in total. The van der Waals surface area contributed by atoms with Gasteiger partial charge in [-0.25, -0.2) is 0 Å². The molecule has 0 aliphatic carbocycles. The molecule has 1 fully saturated rings. The van der Waals surface area contributed by atoms with Gasteiger partial charge in [0.15, 0.2) is 0 Å². The highest BCUT2D eigenvalue weighted by Gasteiger charge is 2.17. The molecule has 0 spiro atoms. The van der Waals surface area contributed by atoms with Gasteiger partial charge in [-0.15, -0.1) is 0 Å². The first-order chi connectivity index (χ1) is 8.01. The summed E-state index contributed by atoms with van der Waals surface area (Å²) in [4.78, 5) is 5.16. The second kappa shape index (κ2) is 7.34. The van der Waals surface area contributed by atoms with Crippen molar-refractivity contribution in [3.8, 4) is 0 Å². The summed E-state index contributed by atoms with van der Waals surface area (Å²) in [6, 6.07) is 0. The lowest BCUT2D eigenvalue weighted by Gasteiger charge is -2.35. The van der Waals surface area contributed by atoms with Gasteiger partial charge in [0.1, 0.15) is 0 Å². The van der Waals surface area contributed by atoms with Crippen LogP contribution in [0.15, 0.2) is 0 Å². The van der Waals surface area contributed by atoms with E-state index in [-0.39, 0.29) is 0 Å². The predicted octanol–water partition coefficient (Wildman–Crippen LogP) is 1.78. The third-order valence-corrected chi connectivity index (χ3v) is 3.54. The number of nitrogens with zero attached hydrogens (tertiary/aromatic N) is 2. The molecule has 0 atom stereocenters. The van der Waals surface area contributed by atoms with E-state index in [1.54, 1.807) is 0 Å². The van der Waals surface area contributed by atoms with Crippen LogP contribution in [0.4, 0.5) is 0 Å². The van der Waals surface area contributed by atoms with Crippen LogP contribution in [0.1, 0.15) is 40.0 Å². The van der Waals surface area contributed by atoms with Gasteiger partial charge in [0, 0.05) is 26.2 Å². The van der Waals surface area contributed by atoms with Gasteiger partial charge in [-0.05, 0) is 44.3 Å². The third kappa shape index (κ3) is 7.02. The standard InChI is InChI=1S/C14H31N3/c1-14(2,3)6-4-8-16-10-12-17(13-11-16)9-5-7-15/h4-13,15H2,1-3H3. The molecule has 0 radical (unpaired) electrons. The zero-order valence-corrected chi connectivity index (χ0v) is 12.0. The molecule has 0 aromatic carbocycles. The Bertz CT molecular complexity index is 190. The van der Waals surface area contributed by atoms with Gasteiger partial charge in [0.05, 0.1) is 0 Å². The first kappa shape index (κ1) is 14.9. The van der Waals surface area contributed by atoms with Gasteiger partial charge in [-0.2, -0.15) is 0 Å². The zero-order chi connectivity index (χ0) is 12.7. The maximum absolute atomic E-state index is 5.54. The Morgan fingerprint density at radius 2 is 1.35 bits per heavy atom. The van der Waals surface area contributed by atoms with Crippen molar-refractivity contribution in [2.45, 2.75) is 40.0 Å². The summed E-state index contributed by atoms with van der Waals surface area (Å²) in [5, 5.41) is 0. The molecule has 0 bridgehead atoms. The molecule has 1 aliphatic heterocycles. The summed E-state index contributed by atoms with van der Waals surface area (Å²) in [7, 11) is 0. The van der Waals surface area contributed by atoms with Gasteiger partial charge in [-0.1, -0.05) is 20.8 Å². The lowest BCUT2D eigenvalue weighted by atomic mass is 9.90. The summed E-state index contributed by atoms with van der Waals surface area (Å²) in [5.41, 5.74) is 6.03. The molecule has 0 aromatic heterocycles. The molecule has 0 unspecified atom stereocenters. The van der Waals surface area contributed by atoms with Crippen molar-refractivity contribution in [1.82, 2.24) is 9.80 Å². The second-order valence-corrected chi connectivity index (χ2v) is 6.49. The minimum atomic E-state index is 0.489. The average Bonchev–Trinajstić information content (AvgIpc) is 2.26. The Balaban J connectivity index is 2.07. The molecule has 0 amide bonds. The Labute approximate surface area is 107 Å². The van der Waals surface area contributed by atoms with Gasteiger partial charge in [-0.3, -0.25) is 0 Å². The topological polar surface area (TPSA) is 32.5 Å². The number of hydrogen-bond acceptors (Lipinski definition) is 3. The van der Waals surface area contributed by atoms with E-state index >= 15 is 0 Å². The fourth-order valence-corrected chi connectivity index (χ4v) is 2.38. The highest BCUT2D eigenvalue weighted by molar-refractivity contribution is 4.72. The van der Waals surface area contributed by atoms with E-state index < -0.39 is 0 Å². The van der Waals surface area contributed by atoms with Gasteiger partial charge >= 0.3 is 0 Å². The predicted molar refractivity (Wildman–Crippen MR) is 75.2 cm³/mol. The van der Waals surface area contributed by atoms with Crippen LogP contribution in [0, 0.1) is 5.41 Å². The van der Waals surface area contributed by atoms with Crippen molar-refractivity contribution in [2.24, 2.45) is 11.1 Å². The zero-order valence-electron chi connectivity index (χ0n) is 12.0. The minimum absolute atomic E-state index is 0.489. The number of rotatable bonds is 6. The Hall–Kier alpha value is -0.120. The molecule has 1 saturated heterocycles. The number of nitrogens with two attached hydrogens (primary N) is 1. The summed E-state index contributed by atoms with van der Waals surface area (Å²) in [6.45, 7) is 15.2. The summed E-state index contributed by atoms with van der Waals surface area (Å²) in [5.74, 6) is 0. The van der Waals surface area contributed by atoms with E-state index in [0.717, 1.165) is 13.0 Å². The molecule has 1 aliphatic rings. The fourth-order valence-electron chi connectivity index (χ4n) is 2.38. The Kier molecular flexibility index (Phi) is 6.45. The maximum atomic E-state index is 5.54. The first-order valence-electron chi connectivity index (χ1n) is 7.16. The van der Waals surface area contributed by atoms with Crippen molar-refractivity contribution in [3.05, 3.63) is 0 Å². The van der Waals surface area contributed by atoms with E-state index in [1.807, 2.05) is 0 Å². The molecule has 102 valence electrons. The molecule has 1 rings (SSSR count). The number of hydrogen-bond donors (Lipinski definition) is 1. The lowest BCUT2D eigenvalue weighted by molar-refractivity contribution is 0.127. The molecular formula is C14H31N3. The molecule has 3 heteroatoms. The van der Waals surface area contributed by atoms with Crippen LogP contribution in [0.5, 0.6) is 0 Å². The van der Waals surface area contributed by atoms with E-state index in [0.29, 0.717) is 5.41 Å². The second-order valence-electron chi connectivity index (χ2n) is 6.49. The molecule has 3 nitrogen and oxygen atoms in total. The van der Waals surface area contributed by atoms with Crippen LogP contribution in [0.25, 0.3) is 0 Å². The Morgan fingerprint density at radius 1 is 0.882 bits per heavy atom. The smallest absolute Gasteiger partial charge is 0.0110 e. The summed E-state index contributed by atoms with van der Waals surface area (Å²) >= 11 is 0. The van der Waals surface area contributed by atoms with E-state index in [2.05, 4.69) is 30.6 Å². The fraction of sp³-hybridized carbons (Fsp3) is 1.00. The van der Waals surface area contributed by atoms with E-state index in [4.69, 9.17) is 5.73 Å². The van der Waals surface area contributed by atoms with Crippen LogP contribution < -0.4 is 5.73 Å². The monoisotopic (exact) mass is 241 g/mol. The Morgan fingerprint density at radius 3 is 1.76 bits per heavy atom. The molecule has 0 saturated carbocycles.